The Morgan fingerprint density at radius 2 is 1.93 bits per heavy atom. The van der Waals surface area contributed by atoms with Gasteiger partial charge in [-0.25, -0.2) is 0 Å². The Labute approximate surface area is 169 Å². The van der Waals surface area contributed by atoms with Crippen molar-refractivity contribution >= 4 is 17.7 Å². The van der Waals surface area contributed by atoms with Gasteiger partial charge in [0, 0.05) is 13.1 Å². The zero-order valence-electron chi connectivity index (χ0n) is 16.4. The van der Waals surface area contributed by atoms with E-state index in [2.05, 4.69) is 60.4 Å². The molecule has 2 aromatic carbocycles. The highest BCUT2D eigenvalue weighted by Crippen LogP contribution is 2.28. The van der Waals surface area contributed by atoms with Gasteiger partial charge in [0.2, 0.25) is 5.91 Å². The summed E-state index contributed by atoms with van der Waals surface area (Å²) in [7, 11) is 0. The number of carbonyl (C=O) groups excluding carboxylic acids is 1. The maximum atomic E-state index is 13.0. The van der Waals surface area contributed by atoms with Crippen molar-refractivity contribution in [1.29, 1.82) is 0 Å². The fourth-order valence-corrected chi connectivity index (χ4v) is 4.61. The molecular formula is C22H24N4OS. The highest BCUT2D eigenvalue weighted by atomic mass is 32.2. The number of hydrogen-bond donors (Lipinski definition) is 0. The van der Waals surface area contributed by atoms with Crippen LogP contribution in [0.15, 0.2) is 53.9 Å². The molecule has 144 valence electrons. The summed E-state index contributed by atoms with van der Waals surface area (Å²) in [6.07, 6.45) is 2.63. The molecule has 0 saturated heterocycles. The fourth-order valence-electron chi connectivity index (χ4n) is 3.70. The van der Waals surface area contributed by atoms with Crippen LogP contribution in [-0.4, -0.2) is 37.4 Å². The first-order chi connectivity index (χ1) is 13.5. The van der Waals surface area contributed by atoms with Crippen molar-refractivity contribution in [2.24, 2.45) is 0 Å². The van der Waals surface area contributed by atoms with Crippen LogP contribution in [0.5, 0.6) is 0 Å². The Kier molecular flexibility index (Phi) is 5.22. The van der Waals surface area contributed by atoms with Gasteiger partial charge in [-0.1, -0.05) is 53.7 Å². The summed E-state index contributed by atoms with van der Waals surface area (Å²) < 4.78 is 1.97. The molecule has 0 fully saturated rings. The van der Waals surface area contributed by atoms with Crippen molar-refractivity contribution in [3.63, 3.8) is 0 Å². The lowest BCUT2D eigenvalue weighted by Gasteiger charge is -2.30. The van der Waals surface area contributed by atoms with Crippen LogP contribution < -0.4 is 0 Å². The van der Waals surface area contributed by atoms with Crippen molar-refractivity contribution in [2.75, 3.05) is 6.54 Å². The van der Waals surface area contributed by atoms with E-state index < -0.39 is 0 Å². The van der Waals surface area contributed by atoms with Gasteiger partial charge in [-0.2, -0.15) is 0 Å². The number of nitrogens with zero attached hydrogens (tertiary/aromatic N) is 4. The van der Waals surface area contributed by atoms with Crippen LogP contribution in [0.1, 0.15) is 29.2 Å². The predicted molar refractivity (Wildman–Crippen MR) is 112 cm³/mol. The predicted octanol–water partition coefficient (Wildman–Crippen LogP) is 3.95. The number of amides is 1. The van der Waals surface area contributed by atoms with E-state index in [1.54, 1.807) is 6.33 Å². The molecule has 0 aliphatic carbocycles. The van der Waals surface area contributed by atoms with E-state index in [9.17, 15) is 4.79 Å². The number of benzene rings is 2. The van der Waals surface area contributed by atoms with E-state index in [-0.39, 0.29) is 11.2 Å². The highest BCUT2D eigenvalue weighted by molar-refractivity contribution is 8.00. The SMILES string of the molecule is Cc1ccc(-n2cnnc2SC(C)C(=O)N2CCc3ccccc3C2)c(C)c1. The van der Waals surface area contributed by atoms with Gasteiger partial charge in [-0.3, -0.25) is 9.36 Å². The number of aryl methyl sites for hydroxylation is 2. The Bertz CT molecular complexity index is 1010. The first-order valence-corrected chi connectivity index (χ1v) is 10.4. The van der Waals surface area contributed by atoms with Crippen LogP contribution in [-0.2, 0) is 17.8 Å². The average Bonchev–Trinajstić information content (AvgIpc) is 3.14. The molecule has 0 N–H and O–H groups in total. The molecule has 0 radical (unpaired) electrons. The molecule has 5 nitrogen and oxygen atoms in total. The number of thioether (sulfide) groups is 1. The molecule has 4 rings (SSSR count). The van der Waals surface area contributed by atoms with Crippen molar-refractivity contribution in [1.82, 2.24) is 19.7 Å². The number of rotatable bonds is 4. The van der Waals surface area contributed by atoms with Crippen molar-refractivity contribution in [3.05, 3.63) is 71.0 Å². The minimum Gasteiger partial charge on any atom is -0.337 e. The number of carbonyl (C=O) groups is 1. The van der Waals surface area contributed by atoms with Crippen LogP contribution in [0.2, 0.25) is 0 Å². The summed E-state index contributed by atoms with van der Waals surface area (Å²) in [5, 5.41) is 8.87. The molecule has 2 heterocycles. The Morgan fingerprint density at radius 1 is 1.14 bits per heavy atom. The average molecular weight is 393 g/mol. The van der Waals surface area contributed by atoms with Gasteiger partial charge in [0.25, 0.3) is 0 Å². The molecule has 3 aromatic rings. The van der Waals surface area contributed by atoms with E-state index in [0.717, 1.165) is 29.4 Å². The van der Waals surface area contributed by atoms with Crippen LogP contribution in [0.25, 0.3) is 5.69 Å². The summed E-state index contributed by atoms with van der Waals surface area (Å²) in [4.78, 5) is 15.0. The molecule has 1 aliphatic heterocycles. The number of hydrogen-bond acceptors (Lipinski definition) is 4. The monoisotopic (exact) mass is 392 g/mol. The van der Waals surface area contributed by atoms with Gasteiger partial charge in [-0.05, 0) is 49.9 Å². The Balaban J connectivity index is 1.50. The maximum Gasteiger partial charge on any atom is 0.236 e. The van der Waals surface area contributed by atoms with Crippen molar-refractivity contribution in [3.8, 4) is 5.69 Å². The zero-order valence-corrected chi connectivity index (χ0v) is 17.2. The quantitative estimate of drug-likeness (QED) is 0.631. The molecule has 1 aromatic heterocycles. The molecule has 28 heavy (non-hydrogen) atoms. The van der Waals surface area contributed by atoms with Gasteiger partial charge >= 0.3 is 0 Å². The number of aromatic nitrogens is 3. The van der Waals surface area contributed by atoms with Crippen LogP contribution in [0.3, 0.4) is 0 Å². The lowest BCUT2D eigenvalue weighted by molar-refractivity contribution is -0.131. The zero-order chi connectivity index (χ0) is 19.7. The van der Waals surface area contributed by atoms with Gasteiger partial charge in [0.05, 0.1) is 10.9 Å². The summed E-state index contributed by atoms with van der Waals surface area (Å²) in [6.45, 7) is 7.56. The van der Waals surface area contributed by atoms with Crippen molar-refractivity contribution in [2.45, 2.75) is 44.1 Å². The Hall–Kier alpha value is -2.60. The van der Waals surface area contributed by atoms with Crippen LogP contribution >= 0.6 is 11.8 Å². The van der Waals surface area contributed by atoms with E-state index in [4.69, 9.17) is 0 Å². The fraction of sp³-hybridized carbons (Fsp3) is 0.318. The van der Waals surface area contributed by atoms with E-state index >= 15 is 0 Å². The molecule has 1 amide bonds. The standard InChI is InChI=1S/C22H24N4OS/c1-15-8-9-20(16(2)12-15)26-14-23-24-22(26)28-17(3)21(27)25-11-10-18-6-4-5-7-19(18)13-25/h4-9,12,14,17H,10-11,13H2,1-3H3. The Morgan fingerprint density at radius 3 is 2.71 bits per heavy atom. The van der Waals surface area contributed by atoms with E-state index in [0.29, 0.717) is 6.54 Å². The highest BCUT2D eigenvalue weighted by Gasteiger charge is 2.26. The second-order valence-corrected chi connectivity index (χ2v) is 8.62. The molecule has 0 bridgehead atoms. The number of fused-ring (bicyclic) bond motifs is 1. The molecular weight excluding hydrogens is 368 g/mol. The minimum absolute atomic E-state index is 0.148. The summed E-state index contributed by atoms with van der Waals surface area (Å²) in [5.41, 5.74) is 6.02. The maximum absolute atomic E-state index is 13.0. The largest absolute Gasteiger partial charge is 0.337 e. The molecule has 0 saturated carbocycles. The lowest BCUT2D eigenvalue weighted by Crippen LogP contribution is -2.40. The molecule has 6 heteroatoms. The second kappa shape index (κ2) is 7.80. The van der Waals surface area contributed by atoms with Crippen molar-refractivity contribution < 1.29 is 4.79 Å². The van der Waals surface area contributed by atoms with E-state index in [1.807, 2.05) is 22.5 Å². The molecule has 0 spiro atoms. The molecule has 1 aliphatic rings. The minimum atomic E-state index is -0.223. The van der Waals surface area contributed by atoms with Gasteiger partial charge in [-0.15, -0.1) is 10.2 Å². The third-order valence-electron chi connectivity index (χ3n) is 5.20. The normalized spacial score (nSPS) is 14.6. The smallest absolute Gasteiger partial charge is 0.236 e. The van der Waals surface area contributed by atoms with E-state index in [1.165, 1.54) is 28.5 Å². The van der Waals surface area contributed by atoms with Gasteiger partial charge in [0.1, 0.15) is 6.33 Å². The lowest BCUT2D eigenvalue weighted by atomic mass is 10.00. The third kappa shape index (κ3) is 3.69. The first kappa shape index (κ1) is 18.7. The third-order valence-corrected chi connectivity index (χ3v) is 6.24. The first-order valence-electron chi connectivity index (χ1n) is 9.53. The van der Waals surface area contributed by atoms with Crippen LogP contribution in [0, 0.1) is 13.8 Å². The van der Waals surface area contributed by atoms with Gasteiger partial charge in [0.15, 0.2) is 5.16 Å². The summed E-state index contributed by atoms with van der Waals surface area (Å²) in [5.74, 6) is 0.148. The van der Waals surface area contributed by atoms with Gasteiger partial charge < -0.3 is 4.90 Å². The van der Waals surface area contributed by atoms with Crippen LogP contribution in [0.4, 0.5) is 0 Å². The second-order valence-electron chi connectivity index (χ2n) is 7.31. The topological polar surface area (TPSA) is 51.0 Å². The summed E-state index contributed by atoms with van der Waals surface area (Å²) >= 11 is 1.47. The molecule has 1 unspecified atom stereocenters. The molecule has 1 atom stereocenters. The summed E-state index contributed by atoms with van der Waals surface area (Å²) in [6, 6.07) is 14.7.